The second-order valence-corrected chi connectivity index (χ2v) is 3.47. The van der Waals surface area contributed by atoms with Crippen molar-refractivity contribution in [3.05, 3.63) is 0 Å². The number of methoxy groups -OCH3 is 1. The predicted molar refractivity (Wildman–Crippen MR) is 55.4 cm³/mol. The third-order valence-electron chi connectivity index (χ3n) is 2.28. The number of nitrogens with zero attached hydrogens (tertiary/aromatic N) is 1. The zero-order chi connectivity index (χ0) is 8.81. The van der Waals surface area contributed by atoms with Crippen LogP contribution < -0.4 is 0 Å². The molecule has 4 heteroatoms. The molecule has 1 unspecified atom stereocenters. The maximum Gasteiger partial charge on any atom is 0.0900 e. The Hall–Kier alpha value is 0.170. The van der Waals surface area contributed by atoms with Gasteiger partial charge in [0, 0.05) is 13.7 Å². The van der Waals surface area contributed by atoms with Crippen LogP contribution in [0.2, 0.25) is 0 Å². The van der Waals surface area contributed by atoms with Gasteiger partial charge < -0.3 is 14.7 Å². The van der Waals surface area contributed by atoms with Gasteiger partial charge in [0.05, 0.1) is 12.7 Å². The molecule has 1 aliphatic heterocycles. The summed E-state index contributed by atoms with van der Waals surface area (Å²) in [5.41, 5.74) is 0. The van der Waals surface area contributed by atoms with Gasteiger partial charge in [0.25, 0.3) is 0 Å². The zero-order valence-electron chi connectivity index (χ0n) is 8.24. The number of aliphatic hydroxyl groups is 1. The number of hydrogen-bond donors (Lipinski definition) is 1. The van der Waals surface area contributed by atoms with Crippen molar-refractivity contribution in [2.75, 3.05) is 33.4 Å². The Morgan fingerprint density at radius 1 is 1.31 bits per heavy atom. The van der Waals surface area contributed by atoms with Crippen LogP contribution in [0.1, 0.15) is 19.3 Å². The molecule has 0 aromatic carbocycles. The fourth-order valence-electron chi connectivity index (χ4n) is 1.69. The highest BCUT2D eigenvalue weighted by atomic mass is 35.5. The first-order valence-electron chi connectivity index (χ1n) is 4.72. The molecule has 1 heterocycles. The van der Waals surface area contributed by atoms with E-state index in [4.69, 9.17) is 4.74 Å². The molecule has 0 amide bonds. The molecule has 0 aromatic rings. The van der Waals surface area contributed by atoms with E-state index in [0.29, 0.717) is 6.61 Å². The van der Waals surface area contributed by atoms with E-state index in [1.165, 1.54) is 19.3 Å². The first-order chi connectivity index (χ1) is 5.83. The van der Waals surface area contributed by atoms with Gasteiger partial charge >= 0.3 is 0 Å². The summed E-state index contributed by atoms with van der Waals surface area (Å²) in [6.07, 6.45) is 3.59. The number of hydrogen-bond acceptors (Lipinski definition) is 3. The molecule has 1 saturated heterocycles. The van der Waals surface area contributed by atoms with Crippen molar-refractivity contribution in [1.29, 1.82) is 0 Å². The molecule has 3 nitrogen and oxygen atoms in total. The molecule has 0 spiro atoms. The van der Waals surface area contributed by atoms with Crippen LogP contribution in [0.25, 0.3) is 0 Å². The van der Waals surface area contributed by atoms with Crippen molar-refractivity contribution < 1.29 is 9.84 Å². The zero-order valence-corrected chi connectivity index (χ0v) is 9.05. The van der Waals surface area contributed by atoms with Gasteiger partial charge in [0.1, 0.15) is 0 Å². The number of halogens is 1. The lowest BCUT2D eigenvalue weighted by Gasteiger charge is -2.28. The first-order valence-corrected chi connectivity index (χ1v) is 4.72. The second-order valence-electron chi connectivity index (χ2n) is 3.47. The lowest BCUT2D eigenvalue weighted by atomic mass is 10.1. The van der Waals surface area contributed by atoms with Crippen LogP contribution in [0.5, 0.6) is 0 Å². The minimum atomic E-state index is -0.312. The molecule has 0 aromatic heterocycles. The molecule has 0 bridgehead atoms. The van der Waals surface area contributed by atoms with E-state index >= 15 is 0 Å². The third-order valence-corrected chi connectivity index (χ3v) is 2.28. The van der Waals surface area contributed by atoms with Gasteiger partial charge in [-0.15, -0.1) is 12.4 Å². The van der Waals surface area contributed by atoms with Crippen LogP contribution in [0, 0.1) is 0 Å². The van der Waals surface area contributed by atoms with Crippen LogP contribution >= 0.6 is 12.4 Å². The average molecular weight is 210 g/mol. The predicted octanol–water partition coefficient (Wildman–Crippen LogP) is 0.901. The Morgan fingerprint density at radius 3 is 2.46 bits per heavy atom. The highest BCUT2D eigenvalue weighted by Crippen LogP contribution is 2.08. The van der Waals surface area contributed by atoms with Gasteiger partial charge in [-0.1, -0.05) is 6.42 Å². The van der Waals surface area contributed by atoms with Crippen molar-refractivity contribution >= 4 is 12.4 Å². The van der Waals surface area contributed by atoms with Gasteiger partial charge in [0.15, 0.2) is 0 Å². The normalized spacial score (nSPS) is 20.8. The lowest BCUT2D eigenvalue weighted by Crippen LogP contribution is -2.37. The Bertz CT molecular complexity index is 118. The summed E-state index contributed by atoms with van der Waals surface area (Å²) in [5.74, 6) is 0. The highest BCUT2D eigenvalue weighted by Gasteiger charge is 2.13. The molecule has 0 radical (unpaired) electrons. The van der Waals surface area contributed by atoms with Gasteiger partial charge in [0.2, 0.25) is 0 Å². The Labute approximate surface area is 86.5 Å². The third kappa shape index (κ3) is 5.47. The number of rotatable bonds is 4. The fourth-order valence-corrected chi connectivity index (χ4v) is 1.69. The second kappa shape index (κ2) is 7.56. The van der Waals surface area contributed by atoms with Crippen LogP contribution in [0.4, 0.5) is 0 Å². The van der Waals surface area contributed by atoms with E-state index in [2.05, 4.69) is 4.90 Å². The summed E-state index contributed by atoms with van der Waals surface area (Å²) in [7, 11) is 1.62. The van der Waals surface area contributed by atoms with Crippen molar-refractivity contribution in [2.45, 2.75) is 25.4 Å². The van der Waals surface area contributed by atoms with E-state index in [1.54, 1.807) is 7.11 Å². The van der Waals surface area contributed by atoms with E-state index in [0.717, 1.165) is 19.6 Å². The summed E-state index contributed by atoms with van der Waals surface area (Å²) in [6.45, 7) is 3.51. The molecular formula is C9H20ClNO2. The number of piperidine rings is 1. The van der Waals surface area contributed by atoms with Crippen molar-refractivity contribution in [1.82, 2.24) is 4.90 Å². The molecule has 13 heavy (non-hydrogen) atoms. The van der Waals surface area contributed by atoms with Gasteiger partial charge in [-0.25, -0.2) is 0 Å². The Morgan fingerprint density at radius 2 is 1.92 bits per heavy atom. The molecule has 1 fully saturated rings. The van der Waals surface area contributed by atoms with E-state index in [9.17, 15) is 5.11 Å². The van der Waals surface area contributed by atoms with E-state index in [-0.39, 0.29) is 18.5 Å². The van der Waals surface area contributed by atoms with Crippen LogP contribution in [0.15, 0.2) is 0 Å². The molecule has 1 rings (SSSR count). The average Bonchev–Trinajstić information content (AvgIpc) is 2.06. The van der Waals surface area contributed by atoms with Gasteiger partial charge in [-0.3, -0.25) is 0 Å². The highest BCUT2D eigenvalue weighted by molar-refractivity contribution is 5.85. The van der Waals surface area contributed by atoms with E-state index < -0.39 is 0 Å². The van der Waals surface area contributed by atoms with Gasteiger partial charge in [-0.05, 0) is 25.9 Å². The largest absolute Gasteiger partial charge is 0.389 e. The lowest BCUT2D eigenvalue weighted by molar-refractivity contribution is 0.0335. The number of ether oxygens (including phenoxy) is 1. The number of aliphatic hydroxyl groups excluding tert-OH is 1. The molecular weight excluding hydrogens is 190 g/mol. The van der Waals surface area contributed by atoms with Crippen molar-refractivity contribution in [2.24, 2.45) is 0 Å². The van der Waals surface area contributed by atoms with E-state index in [1.807, 2.05) is 0 Å². The van der Waals surface area contributed by atoms with Crippen molar-refractivity contribution in [3.63, 3.8) is 0 Å². The van der Waals surface area contributed by atoms with Crippen LogP contribution in [-0.4, -0.2) is 49.5 Å². The molecule has 0 aliphatic carbocycles. The van der Waals surface area contributed by atoms with Crippen LogP contribution in [-0.2, 0) is 4.74 Å². The minimum absolute atomic E-state index is 0. The number of likely N-dealkylation sites (tertiary alicyclic amines) is 1. The number of β-amino-alcohol motifs (C(OH)–C–C–N with tert-alkyl or cyclic N) is 1. The topological polar surface area (TPSA) is 32.7 Å². The molecule has 80 valence electrons. The van der Waals surface area contributed by atoms with Crippen LogP contribution in [0.3, 0.4) is 0 Å². The summed E-state index contributed by atoms with van der Waals surface area (Å²) >= 11 is 0. The Kier molecular flexibility index (Phi) is 7.66. The smallest absolute Gasteiger partial charge is 0.0900 e. The fraction of sp³-hybridized carbons (Fsp3) is 1.00. The van der Waals surface area contributed by atoms with Crippen molar-refractivity contribution in [3.8, 4) is 0 Å². The SMILES string of the molecule is COCC(O)CN1CCCCC1.Cl. The summed E-state index contributed by atoms with van der Waals surface area (Å²) < 4.78 is 4.87. The van der Waals surface area contributed by atoms with Gasteiger partial charge in [-0.2, -0.15) is 0 Å². The molecule has 1 aliphatic rings. The minimum Gasteiger partial charge on any atom is -0.389 e. The first kappa shape index (κ1) is 13.2. The quantitative estimate of drug-likeness (QED) is 0.747. The maximum absolute atomic E-state index is 9.43. The maximum atomic E-state index is 9.43. The Balaban J connectivity index is 0.00000144. The molecule has 1 N–H and O–H groups in total. The monoisotopic (exact) mass is 209 g/mol. The standard InChI is InChI=1S/C9H19NO2.ClH/c1-12-8-9(11)7-10-5-3-2-4-6-10;/h9,11H,2-8H2,1H3;1H. The summed E-state index contributed by atoms with van der Waals surface area (Å²) in [4.78, 5) is 2.31. The molecule has 1 atom stereocenters. The summed E-state index contributed by atoms with van der Waals surface area (Å²) in [6, 6.07) is 0. The molecule has 0 saturated carbocycles. The summed E-state index contributed by atoms with van der Waals surface area (Å²) in [5, 5.41) is 9.43.